The van der Waals surface area contributed by atoms with Crippen molar-refractivity contribution in [3.8, 4) is 11.6 Å². The lowest BCUT2D eigenvalue weighted by Crippen LogP contribution is -2.35. The molecule has 0 unspecified atom stereocenters. The number of aromatic amines is 1. The van der Waals surface area contributed by atoms with Crippen molar-refractivity contribution in [2.45, 2.75) is 6.54 Å². The van der Waals surface area contributed by atoms with E-state index in [0.29, 0.717) is 20.8 Å². The fourth-order valence-electron chi connectivity index (χ4n) is 3.23. The first-order valence-electron chi connectivity index (χ1n) is 9.89. The van der Waals surface area contributed by atoms with Gasteiger partial charge in [0.2, 0.25) is 5.88 Å². The molecule has 4 rings (SSSR count). The first-order chi connectivity index (χ1) is 16.0. The van der Waals surface area contributed by atoms with Gasteiger partial charge in [0, 0.05) is 10.7 Å². The van der Waals surface area contributed by atoms with Crippen molar-refractivity contribution in [1.82, 2.24) is 9.55 Å². The summed E-state index contributed by atoms with van der Waals surface area (Å²) in [5, 5.41) is 14.4. The van der Waals surface area contributed by atoms with Gasteiger partial charge >= 0.3 is 5.69 Å². The average molecular weight is 465 g/mol. The number of benzene rings is 3. The third-order valence-electron chi connectivity index (χ3n) is 4.82. The van der Waals surface area contributed by atoms with Crippen LogP contribution < -0.4 is 16.6 Å². The third-order valence-corrected chi connectivity index (χ3v) is 5.19. The molecule has 0 aliphatic heterocycles. The van der Waals surface area contributed by atoms with Crippen LogP contribution in [-0.4, -0.2) is 20.5 Å². The lowest BCUT2D eigenvalue weighted by atomic mass is 10.2. The van der Waals surface area contributed by atoms with Crippen LogP contribution in [0.3, 0.4) is 0 Å². The normalized spacial score (nSPS) is 11.4. The van der Waals surface area contributed by atoms with Gasteiger partial charge in [-0.15, -0.1) is 0 Å². The van der Waals surface area contributed by atoms with Crippen molar-refractivity contribution in [2.75, 3.05) is 5.32 Å². The standard InChI is InChI=1S/C24H18ClFN4O3/c25-17-11-5-4-8-15(17)14-27-21(28-16-9-2-1-3-10-16)20-22(31)29-24(33)30(23(20)32)19-13-7-6-12-18(19)26/h1-13,32H,14H2,(H,27,28)(H,29,31,33). The summed E-state index contributed by atoms with van der Waals surface area (Å²) in [6, 6.07) is 21.3. The molecule has 1 heterocycles. The number of H-pyrrole nitrogens is 1. The number of nitrogens with one attached hydrogen (secondary N) is 2. The predicted molar refractivity (Wildman–Crippen MR) is 126 cm³/mol. The molecule has 1 aromatic heterocycles. The molecule has 7 nitrogen and oxygen atoms in total. The Bertz CT molecular complexity index is 1450. The van der Waals surface area contributed by atoms with Crippen LogP contribution in [0.5, 0.6) is 5.88 Å². The molecule has 0 aliphatic carbocycles. The minimum atomic E-state index is -0.989. The van der Waals surface area contributed by atoms with Crippen molar-refractivity contribution in [1.29, 1.82) is 0 Å². The van der Waals surface area contributed by atoms with Gasteiger partial charge in [-0.25, -0.2) is 13.8 Å². The van der Waals surface area contributed by atoms with E-state index >= 15 is 0 Å². The molecule has 0 fully saturated rings. The molecule has 166 valence electrons. The molecule has 0 atom stereocenters. The largest absolute Gasteiger partial charge is 0.493 e. The summed E-state index contributed by atoms with van der Waals surface area (Å²) in [4.78, 5) is 31.8. The zero-order chi connectivity index (χ0) is 23.4. The topological polar surface area (TPSA) is 99.5 Å². The number of hydrogen-bond donors (Lipinski definition) is 3. The van der Waals surface area contributed by atoms with Crippen molar-refractivity contribution in [2.24, 2.45) is 4.99 Å². The molecular formula is C24H18ClFN4O3. The summed E-state index contributed by atoms with van der Waals surface area (Å²) in [6.45, 7) is 0.0759. The van der Waals surface area contributed by atoms with Crippen LogP contribution in [-0.2, 0) is 6.54 Å². The van der Waals surface area contributed by atoms with E-state index < -0.39 is 22.9 Å². The summed E-state index contributed by atoms with van der Waals surface area (Å²) < 4.78 is 15.1. The molecular weight excluding hydrogens is 447 g/mol. The lowest BCUT2D eigenvalue weighted by Gasteiger charge is -2.15. The van der Waals surface area contributed by atoms with E-state index in [4.69, 9.17) is 11.6 Å². The highest BCUT2D eigenvalue weighted by atomic mass is 35.5. The summed E-state index contributed by atoms with van der Waals surface area (Å²) in [5.74, 6) is -1.53. The van der Waals surface area contributed by atoms with E-state index in [1.165, 1.54) is 18.2 Å². The maximum Gasteiger partial charge on any atom is 0.335 e. The van der Waals surface area contributed by atoms with Crippen LogP contribution in [0.15, 0.2) is 93.4 Å². The zero-order valence-electron chi connectivity index (χ0n) is 17.1. The first-order valence-corrected chi connectivity index (χ1v) is 10.3. The number of aliphatic imine (C=N–C) groups is 1. The van der Waals surface area contributed by atoms with Gasteiger partial charge in [0.15, 0.2) is 0 Å². The lowest BCUT2D eigenvalue weighted by molar-refractivity contribution is 0.426. The Labute approximate surface area is 192 Å². The van der Waals surface area contributed by atoms with E-state index in [1.807, 2.05) is 6.07 Å². The maximum absolute atomic E-state index is 14.4. The van der Waals surface area contributed by atoms with Crippen LogP contribution >= 0.6 is 11.6 Å². The number of halogens is 2. The SMILES string of the molecule is O=c1[nH]c(=O)n(-c2ccccc2F)c(O)c1C(=NCc1ccccc1Cl)Nc1ccccc1. The Balaban J connectivity index is 1.90. The zero-order valence-corrected chi connectivity index (χ0v) is 17.9. The molecule has 33 heavy (non-hydrogen) atoms. The summed E-state index contributed by atoms with van der Waals surface area (Å²) in [5.41, 5.74) is -1.15. The van der Waals surface area contributed by atoms with Gasteiger partial charge in [0.05, 0.1) is 12.2 Å². The van der Waals surface area contributed by atoms with Crippen LogP contribution in [0.4, 0.5) is 10.1 Å². The third kappa shape index (κ3) is 4.70. The van der Waals surface area contributed by atoms with Gasteiger partial charge in [-0.3, -0.25) is 14.8 Å². The number of aromatic hydroxyl groups is 1. The molecule has 0 saturated heterocycles. The number of nitrogens with zero attached hydrogens (tertiary/aromatic N) is 2. The molecule has 0 saturated carbocycles. The average Bonchev–Trinajstić information content (AvgIpc) is 2.80. The molecule has 4 aromatic rings. The van der Waals surface area contributed by atoms with Gasteiger partial charge in [-0.1, -0.05) is 60.1 Å². The fraction of sp³-hybridized carbons (Fsp3) is 0.0417. The van der Waals surface area contributed by atoms with Crippen molar-refractivity contribution < 1.29 is 9.50 Å². The quantitative estimate of drug-likeness (QED) is 0.306. The summed E-state index contributed by atoms with van der Waals surface area (Å²) in [7, 11) is 0. The van der Waals surface area contributed by atoms with Crippen molar-refractivity contribution in [3.05, 3.63) is 122 Å². The van der Waals surface area contributed by atoms with Crippen LogP contribution in [0.25, 0.3) is 5.69 Å². The monoisotopic (exact) mass is 464 g/mol. The van der Waals surface area contributed by atoms with E-state index in [1.54, 1.807) is 48.5 Å². The smallest absolute Gasteiger partial charge is 0.335 e. The predicted octanol–water partition coefficient (Wildman–Crippen LogP) is 4.08. The molecule has 0 radical (unpaired) electrons. The van der Waals surface area contributed by atoms with E-state index in [9.17, 15) is 19.1 Å². The van der Waals surface area contributed by atoms with Crippen LogP contribution in [0.1, 0.15) is 11.1 Å². The molecule has 0 bridgehead atoms. The Hall–Kier alpha value is -4.17. The van der Waals surface area contributed by atoms with Gasteiger partial charge < -0.3 is 10.4 Å². The Kier molecular flexibility index (Phi) is 6.37. The number of anilines is 1. The van der Waals surface area contributed by atoms with Crippen LogP contribution in [0, 0.1) is 5.82 Å². The van der Waals surface area contributed by atoms with Gasteiger partial charge in [-0.05, 0) is 35.9 Å². The van der Waals surface area contributed by atoms with Gasteiger partial charge in [-0.2, -0.15) is 0 Å². The fourth-order valence-corrected chi connectivity index (χ4v) is 3.42. The van der Waals surface area contributed by atoms with E-state index in [-0.39, 0.29) is 23.6 Å². The Morgan fingerprint density at radius 2 is 1.67 bits per heavy atom. The number of hydrogen-bond acceptors (Lipinski definition) is 4. The minimum absolute atomic E-state index is 0.0232. The second-order valence-electron chi connectivity index (χ2n) is 6.99. The number of amidine groups is 1. The molecule has 9 heteroatoms. The summed E-state index contributed by atoms with van der Waals surface area (Å²) in [6.07, 6.45) is 0. The summed E-state index contributed by atoms with van der Waals surface area (Å²) >= 11 is 6.23. The molecule has 0 aliphatic rings. The Morgan fingerprint density at radius 1 is 1.00 bits per heavy atom. The van der Waals surface area contributed by atoms with E-state index in [2.05, 4.69) is 15.3 Å². The molecule has 3 aromatic carbocycles. The molecule has 0 amide bonds. The van der Waals surface area contributed by atoms with E-state index in [0.717, 1.165) is 6.07 Å². The van der Waals surface area contributed by atoms with Crippen LogP contribution in [0.2, 0.25) is 5.02 Å². The number of para-hydroxylation sites is 2. The maximum atomic E-state index is 14.4. The first kappa shape index (κ1) is 22.0. The van der Waals surface area contributed by atoms with Crippen molar-refractivity contribution >= 4 is 23.1 Å². The number of rotatable bonds is 5. The highest BCUT2D eigenvalue weighted by Crippen LogP contribution is 2.22. The highest BCUT2D eigenvalue weighted by molar-refractivity contribution is 6.31. The second-order valence-corrected chi connectivity index (χ2v) is 7.40. The van der Waals surface area contributed by atoms with Gasteiger partial charge in [0.1, 0.15) is 17.2 Å². The molecule has 0 spiro atoms. The van der Waals surface area contributed by atoms with Gasteiger partial charge in [0.25, 0.3) is 5.56 Å². The minimum Gasteiger partial charge on any atom is -0.493 e. The van der Waals surface area contributed by atoms with Crippen molar-refractivity contribution in [3.63, 3.8) is 0 Å². The number of aromatic nitrogens is 2. The second kappa shape index (κ2) is 9.54. The highest BCUT2D eigenvalue weighted by Gasteiger charge is 2.22. The molecule has 3 N–H and O–H groups in total. The Morgan fingerprint density at radius 3 is 2.39 bits per heavy atom.